The van der Waals surface area contributed by atoms with Crippen LogP contribution in [-0.4, -0.2) is 22.3 Å². The molecule has 0 aromatic rings. The van der Waals surface area contributed by atoms with Gasteiger partial charge in [-0.1, -0.05) is 6.58 Å². The molecule has 0 aromatic heterocycles. The van der Waals surface area contributed by atoms with Crippen molar-refractivity contribution in [3.05, 3.63) is 12.3 Å². The number of carbonyl (C=O) groups is 1. The number of carbonyl (C=O) groups excluding carboxylic acids is 1. The summed E-state index contributed by atoms with van der Waals surface area (Å²) in [7, 11) is -0.594. The molecule has 58 valence electrons. The monoisotopic (exact) mass is 160 g/mol. The summed E-state index contributed by atoms with van der Waals surface area (Å²) in [6.07, 6.45) is 0. The fourth-order valence-corrected chi connectivity index (χ4v) is 0.911. The van der Waals surface area contributed by atoms with E-state index in [2.05, 4.69) is 11.3 Å². The molecule has 0 N–H and O–H groups in total. The standard InChI is InChI=1S/C6H12O3Si/c1-4-8-6(7)5(2)9-10-3/h2,4,10H2,1,3H3. The third-order valence-electron chi connectivity index (χ3n) is 0.822. The number of esters is 1. The molecule has 0 radical (unpaired) electrons. The van der Waals surface area contributed by atoms with E-state index < -0.39 is 15.7 Å². The summed E-state index contributed by atoms with van der Waals surface area (Å²) in [5.41, 5.74) is 0. The van der Waals surface area contributed by atoms with Crippen molar-refractivity contribution in [1.82, 2.24) is 0 Å². The molecule has 0 heterocycles. The highest BCUT2D eigenvalue weighted by Crippen LogP contribution is 1.94. The van der Waals surface area contributed by atoms with Crippen LogP contribution in [0.3, 0.4) is 0 Å². The van der Waals surface area contributed by atoms with Crippen molar-refractivity contribution >= 4 is 15.7 Å². The zero-order valence-electron chi connectivity index (χ0n) is 6.35. The van der Waals surface area contributed by atoms with E-state index in [4.69, 9.17) is 4.43 Å². The second kappa shape index (κ2) is 5.05. The molecule has 0 saturated heterocycles. The SMILES string of the molecule is C=C(O[SiH2]C)C(=O)OCC. The fraction of sp³-hybridized carbons (Fsp3) is 0.500. The molecule has 4 heteroatoms. The molecule has 0 atom stereocenters. The van der Waals surface area contributed by atoms with Gasteiger partial charge in [0.2, 0.25) is 9.76 Å². The Morgan fingerprint density at radius 2 is 2.30 bits per heavy atom. The average Bonchev–Trinajstić information content (AvgIpc) is 1.89. The number of ether oxygens (including phenoxy) is 1. The second-order valence-corrected chi connectivity index (χ2v) is 2.44. The van der Waals surface area contributed by atoms with Gasteiger partial charge in [0, 0.05) is 0 Å². The van der Waals surface area contributed by atoms with E-state index >= 15 is 0 Å². The van der Waals surface area contributed by atoms with Gasteiger partial charge in [-0.05, 0) is 13.5 Å². The molecule has 0 unspecified atom stereocenters. The summed E-state index contributed by atoms with van der Waals surface area (Å²) in [5.74, 6) is -0.312. The van der Waals surface area contributed by atoms with Crippen molar-refractivity contribution in [2.45, 2.75) is 13.5 Å². The van der Waals surface area contributed by atoms with Gasteiger partial charge in [0.05, 0.1) is 6.61 Å². The predicted molar refractivity (Wildman–Crippen MR) is 41.3 cm³/mol. The predicted octanol–water partition coefficient (Wildman–Crippen LogP) is 0.212. The Morgan fingerprint density at radius 1 is 1.70 bits per heavy atom. The average molecular weight is 160 g/mol. The van der Waals surface area contributed by atoms with Crippen LogP contribution in [0.15, 0.2) is 12.3 Å². The maximum atomic E-state index is 10.7. The van der Waals surface area contributed by atoms with Crippen LogP contribution in [0.1, 0.15) is 6.92 Å². The minimum absolute atomic E-state index is 0.135. The zero-order valence-corrected chi connectivity index (χ0v) is 7.76. The van der Waals surface area contributed by atoms with E-state index in [-0.39, 0.29) is 5.76 Å². The highest BCUT2D eigenvalue weighted by atomic mass is 28.2. The van der Waals surface area contributed by atoms with Gasteiger partial charge in [-0.15, -0.1) is 0 Å². The molecule has 0 bridgehead atoms. The molecule has 0 aliphatic carbocycles. The summed E-state index contributed by atoms with van der Waals surface area (Å²) in [6, 6.07) is 0. The van der Waals surface area contributed by atoms with Crippen LogP contribution in [0.25, 0.3) is 0 Å². The summed E-state index contributed by atoms with van der Waals surface area (Å²) >= 11 is 0. The first-order valence-electron chi connectivity index (χ1n) is 3.21. The first-order chi connectivity index (χ1) is 4.72. The van der Waals surface area contributed by atoms with Crippen molar-refractivity contribution in [1.29, 1.82) is 0 Å². The summed E-state index contributed by atoms with van der Waals surface area (Å²) in [4.78, 5) is 10.7. The highest BCUT2D eigenvalue weighted by molar-refractivity contribution is 6.26. The molecule has 0 amide bonds. The molecule has 0 aliphatic rings. The van der Waals surface area contributed by atoms with E-state index in [1.54, 1.807) is 6.92 Å². The van der Waals surface area contributed by atoms with Gasteiger partial charge in [-0.3, -0.25) is 0 Å². The summed E-state index contributed by atoms with van der Waals surface area (Å²) in [5, 5.41) is 0. The van der Waals surface area contributed by atoms with Gasteiger partial charge in [0.1, 0.15) is 0 Å². The number of hydrogen-bond donors (Lipinski definition) is 0. The van der Waals surface area contributed by atoms with Crippen LogP contribution in [0, 0.1) is 0 Å². The Balaban J connectivity index is 3.60. The lowest BCUT2D eigenvalue weighted by atomic mass is 10.6. The number of rotatable bonds is 4. The normalized spacial score (nSPS) is 9.80. The van der Waals surface area contributed by atoms with E-state index in [0.29, 0.717) is 6.61 Å². The molecule has 0 fully saturated rings. The van der Waals surface area contributed by atoms with Crippen LogP contribution in [0.5, 0.6) is 0 Å². The first kappa shape index (κ1) is 9.23. The summed E-state index contributed by atoms with van der Waals surface area (Å²) in [6.45, 7) is 7.43. The lowest BCUT2D eigenvalue weighted by Gasteiger charge is -2.04. The van der Waals surface area contributed by atoms with Gasteiger partial charge in [-0.25, -0.2) is 4.79 Å². The highest BCUT2D eigenvalue weighted by Gasteiger charge is 2.05. The van der Waals surface area contributed by atoms with Crippen LogP contribution >= 0.6 is 0 Å². The Hall–Kier alpha value is -0.773. The molecule has 3 nitrogen and oxygen atoms in total. The minimum atomic E-state index is -0.594. The Morgan fingerprint density at radius 3 is 2.70 bits per heavy atom. The van der Waals surface area contributed by atoms with E-state index in [9.17, 15) is 4.79 Å². The Kier molecular flexibility index (Phi) is 4.66. The molecule has 0 aliphatic heterocycles. The smallest absolute Gasteiger partial charge is 0.371 e. The molecular weight excluding hydrogens is 148 g/mol. The van der Waals surface area contributed by atoms with Gasteiger partial charge in [0.15, 0.2) is 5.76 Å². The topological polar surface area (TPSA) is 35.5 Å². The lowest BCUT2D eigenvalue weighted by Crippen LogP contribution is -2.10. The van der Waals surface area contributed by atoms with Gasteiger partial charge in [-0.2, -0.15) is 0 Å². The quantitative estimate of drug-likeness (QED) is 0.255. The number of hydrogen-bond acceptors (Lipinski definition) is 3. The van der Waals surface area contributed by atoms with E-state index in [1.165, 1.54) is 0 Å². The van der Waals surface area contributed by atoms with E-state index in [1.807, 2.05) is 6.55 Å². The zero-order chi connectivity index (χ0) is 7.98. The second-order valence-electron chi connectivity index (χ2n) is 1.58. The van der Waals surface area contributed by atoms with Crippen molar-refractivity contribution in [2.75, 3.05) is 6.61 Å². The molecule has 0 rings (SSSR count). The van der Waals surface area contributed by atoms with E-state index in [0.717, 1.165) is 0 Å². The van der Waals surface area contributed by atoms with Crippen LogP contribution in [-0.2, 0) is 14.0 Å². The molecular formula is C6H12O3Si. The maximum Gasteiger partial charge on any atom is 0.371 e. The molecule has 10 heavy (non-hydrogen) atoms. The lowest BCUT2D eigenvalue weighted by molar-refractivity contribution is -0.140. The maximum absolute atomic E-state index is 10.7. The first-order valence-corrected chi connectivity index (χ1v) is 5.20. The Labute approximate surface area is 63.0 Å². The van der Waals surface area contributed by atoms with Gasteiger partial charge >= 0.3 is 5.97 Å². The van der Waals surface area contributed by atoms with Crippen molar-refractivity contribution in [3.63, 3.8) is 0 Å². The van der Waals surface area contributed by atoms with Gasteiger partial charge in [0.25, 0.3) is 0 Å². The Bertz CT molecular complexity index is 117. The third-order valence-corrected chi connectivity index (χ3v) is 1.46. The molecule has 0 saturated carbocycles. The molecule has 0 aromatic carbocycles. The fourth-order valence-electron chi connectivity index (χ4n) is 0.445. The van der Waals surface area contributed by atoms with Crippen LogP contribution in [0.2, 0.25) is 6.55 Å². The van der Waals surface area contributed by atoms with Gasteiger partial charge < -0.3 is 9.16 Å². The summed E-state index contributed by atoms with van der Waals surface area (Å²) < 4.78 is 9.54. The molecule has 0 spiro atoms. The largest absolute Gasteiger partial charge is 0.545 e. The minimum Gasteiger partial charge on any atom is -0.545 e. The van der Waals surface area contributed by atoms with Crippen molar-refractivity contribution in [3.8, 4) is 0 Å². The van der Waals surface area contributed by atoms with Crippen molar-refractivity contribution in [2.24, 2.45) is 0 Å². The van der Waals surface area contributed by atoms with Crippen molar-refractivity contribution < 1.29 is 14.0 Å². The van der Waals surface area contributed by atoms with Crippen LogP contribution in [0.4, 0.5) is 0 Å². The van der Waals surface area contributed by atoms with Crippen LogP contribution < -0.4 is 0 Å². The third kappa shape index (κ3) is 3.29.